The first-order chi connectivity index (χ1) is 6.29. The summed E-state index contributed by atoms with van der Waals surface area (Å²) in [5.74, 6) is 0. The van der Waals surface area contributed by atoms with Gasteiger partial charge in [0.05, 0.1) is 10.2 Å². The summed E-state index contributed by atoms with van der Waals surface area (Å²) in [5.41, 5.74) is 2.11. The van der Waals surface area contributed by atoms with Crippen LogP contribution in [-0.4, -0.2) is 4.98 Å². The molecule has 0 saturated carbocycles. The van der Waals surface area contributed by atoms with E-state index in [0.29, 0.717) is 0 Å². The number of hydrogen-bond donors (Lipinski definition) is 1. The maximum atomic E-state index is 11.0. The Morgan fingerprint density at radius 2 is 2.38 bits per heavy atom. The molecule has 13 heavy (non-hydrogen) atoms. The molecule has 1 N–H and O–H groups in total. The maximum absolute atomic E-state index is 11.0. The largest absolute Gasteiger partial charge is 0.312 e. The molecule has 0 saturated heterocycles. The molecule has 0 bridgehead atoms. The molecule has 0 fully saturated rings. The van der Waals surface area contributed by atoms with Gasteiger partial charge in [0, 0.05) is 0 Å². The molecule has 0 atom stereocenters. The van der Waals surface area contributed by atoms with Gasteiger partial charge in [-0.15, -0.1) is 6.58 Å². The monoisotopic (exact) mass is 191 g/mol. The molecule has 1 heterocycles. The number of H-pyrrole nitrogens is 1. The number of hydrogen-bond acceptors (Lipinski definition) is 2. The van der Waals surface area contributed by atoms with Crippen molar-refractivity contribution in [3.05, 3.63) is 46.1 Å². The highest BCUT2D eigenvalue weighted by Gasteiger charge is 1.98. The van der Waals surface area contributed by atoms with Crippen LogP contribution in [0.25, 0.3) is 10.2 Å². The van der Waals surface area contributed by atoms with Gasteiger partial charge in [0.25, 0.3) is 0 Å². The fourth-order valence-electron chi connectivity index (χ4n) is 1.28. The Morgan fingerprint density at radius 3 is 3.15 bits per heavy atom. The Hall–Kier alpha value is -1.35. The molecule has 1 aromatic heterocycles. The minimum Gasteiger partial charge on any atom is -0.312 e. The van der Waals surface area contributed by atoms with Crippen LogP contribution in [0.2, 0.25) is 0 Å². The molecule has 0 amide bonds. The number of fused-ring (bicyclic) bond motifs is 1. The van der Waals surface area contributed by atoms with Crippen LogP contribution >= 0.6 is 11.3 Å². The van der Waals surface area contributed by atoms with Gasteiger partial charge in [-0.05, 0) is 24.1 Å². The summed E-state index contributed by atoms with van der Waals surface area (Å²) in [4.78, 5) is 13.8. The second-order valence-corrected chi connectivity index (χ2v) is 3.85. The second kappa shape index (κ2) is 3.18. The average molecular weight is 191 g/mol. The lowest BCUT2D eigenvalue weighted by atomic mass is 10.1. The van der Waals surface area contributed by atoms with Gasteiger partial charge in [-0.1, -0.05) is 23.5 Å². The number of rotatable bonds is 2. The summed E-state index contributed by atoms with van der Waals surface area (Å²) >= 11 is 1.25. The van der Waals surface area contributed by atoms with Crippen molar-refractivity contribution >= 4 is 21.6 Å². The number of benzene rings is 1. The van der Waals surface area contributed by atoms with E-state index in [9.17, 15) is 4.79 Å². The summed E-state index contributed by atoms with van der Waals surface area (Å²) in [7, 11) is 0. The van der Waals surface area contributed by atoms with Crippen molar-refractivity contribution < 1.29 is 0 Å². The molecule has 2 aromatic rings. The topological polar surface area (TPSA) is 32.9 Å². The van der Waals surface area contributed by atoms with Gasteiger partial charge in [0.2, 0.25) is 0 Å². The lowest BCUT2D eigenvalue weighted by Crippen LogP contribution is -1.89. The predicted molar refractivity (Wildman–Crippen MR) is 56.3 cm³/mol. The molecule has 0 aliphatic heterocycles. The van der Waals surface area contributed by atoms with E-state index in [1.807, 2.05) is 24.3 Å². The standard InChI is InChI=1S/C10H9NOS/c1-2-3-7-4-5-8-9(6-7)13-10(12)11-8/h2,4-6H,1,3H2,(H,11,12). The first-order valence-electron chi connectivity index (χ1n) is 4.02. The van der Waals surface area contributed by atoms with Crippen LogP contribution in [0.5, 0.6) is 0 Å². The normalized spacial score (nSPS) is 10.5. The Labute approximate surface area is 79.5 Å². The van der Waals surface area contributed by atoms with Gasteiger partial charge in [-0.3, -0.25) is 4.79 Å². The van der Waals surface area contributed by atoms with E-state index in [1.54, 1.807) is 0 Å². The Kier molecular flexibility index (Phi) is 2.02. The third-order valence-corrected chi connectivity index (χ3v) is 2.71. The molecule has 0 radical (unpaired) electrons. The number of thiazole rings is 1. The van der Waals surface area contributed by atoms with E-state index in [-0.39, 0.29) is 4.87 Å². The quantitative estimate of drug-likeness (QED) is 0.726. The molecule has 0 aliphatic carbocycles. The zero-order valence-electron chi connectivity index (χ0n) is 7.04. The molecule has 1 aromatic carbocycles. The van der Waals surface area contributed by atoms with Crippen LogP contribution in [0, 0.1) is 0 Å². The summed E-state index contributed by atoms with van der Waals surface area (Å²) in [5, 5.41) is 0. The third kappa shape index (κ3) is 1.55. The van der Waals surface area contributed by atoms with Gasteiger partial charge in [0.15, 0.2) is 0 Å². The second-order valence-electron chi connectivity index (χ2n) is 2.84. The fraction of sp³-hybridized carbons (Fsp3) is 0.100. The molecule has 3 heteroatoms. The number of allylic oxidation sites excluding steroid dienone is 1. The van der Waals surface area contributed by atoms with Crippen LogP contribution < -0.4 is 4.87 Å². The van der Waals surface area contributed by atoms with Crippen molar-refractivity contribution in [1.82, 2.24) is 4.98 Å². The smallest absolute Gasteiger partial charge is 0.305 e. The van der Waals surface area contributed by atoms with Gasteiger partial charge in [0.1, 0.15) is 0 Å². The van der Waals surface area contributed by atoms with Gasteiger partial charge in [-0.2, -0.15) is 0 Å². The molecule has 0 aliphatic rings. The minimum atomic E-state index is 0.00533. The zero-order chi connectivity index (χ0) is 9.26. The van der Waals surface area contributed by atoms with Gasteiger partial charge >= 0.3 is 4.87 Å². The average Bonchev–Trinajstić information content (AvgIpc) is 2.44. The SMILES string of the molecule is C=CCc1ccc2[nH]c(=O)sc2c1. The van der Waals surface area contributed by atoms with Gasteiger partial charge < -0.3 is 4.98 Å². The van der Waals surface area contributed by atoms with Crippen LogP contribution in [-0.2, 0) is 6.42 Å². The van der Waals surface area contributed by atoms with Crippen LogP contribution in [0.4, 0.5) is 0 Å². The molecule has 2 nitrogen and oxygen atoms in total. The highest BCUT2D eigenvalue weighted by atomic mass is 32.1. The summed E-state index contributed by atoms with van der Waals surface area (Å²) in [6.07, 6.45) is 2.71. The molecule has 0 unspecified atom stereocenters. The lowest BCUT2D eigenvalue weighted by molar-refractivity contribution is 1.29. The first kappa shape index (κ1) is 8.26. The molecule has 0 spiro atoms. The van der Waals surface area contributed by atoms with E-state index < -0.39 is 0 Å². The maximum Gasteiger partial charge on any atom is 0.305 e. The predicted octanol–water partition coefficient (Wildman–Crippen LogP) is 2.32. The van der Waals surface area contributed by atoms with Crippen molar-refractivity contribution in [2.45, 2.75) is 6.42 Å². The Bertz CT molecular complexity index is 495. The van der Waals surface area contributed by atoms with Gasteiger partial charge in [-0.25, -0.2) is 0 Å². The Morgan fingerprint density at radius 1 is 1.54 bits per heavy atom. The number of aromatic amines is 1. The highest BCUT2D eigenvalue weighted by molar-refractivity contribution is 7.16. The molecular weight excluding hydrogens is 182 g/mol. The number of nitrogens with one attached hydrogen (secondary N) is 1. The van der Waals surface area contributed by atoms with Crippen molar-refractivity contribution in [3.8, 4) is 0 Å². The first-order valence-corrected chi connectivity index (χ1v) is 4.84. The highest BCUT2D eigenvalue weighted by Crippen LogP contribution is 2.16. The Balaban J connectivity index is 2.60. The van der Waals surface area contributed by atoms with Crippen molar-refractivity contribution in [1.29, 1.82) is 0 Å². The van der Waals surface area contributed by atoms with E-state index in [0.717, 1.165) is 16.6 Å². The summed E-state index contributed by atoms with van der Waals surface area (Å²) < 4.78 is 1.02. The summed E-state index contributed by atoms with van der Waals surface area (Å²) in [6.45, 7) is 3.68. The molecule has 2 rings (SSSR count). The van der Waals surface area contributed by atoms with E-state index in [4.69, 9.17) is 0 Å². The fourth-order valence-corrected chi connectivity index (χ4v) is 2.08. The van der Waals surface area contributed by atoms with Crippen LogP contribution in [0.1, 0.15) is 5.56 Å². The van der Waals surface area contributed by atoms with E-state index >= 15 is 0 Å². The summed E-state index contributed by atoms with van der Waals surface area (Å²) in [6, 6.07) is 5.97. The molecule has 66 valence electrons. The van der Waals surface area contributed by atoms with E-state index in [1.165, 1.54) is 16.9 Å². The lowest BCUT2D eigenvalue weighted by Gasteiger charge is -1.94. The van der Waals surface area contributed by atoms with Crippen molar-refractivity contribution in [3.63, 3.8) is 0 Å². The van der Waals surface area contributed by atoms with Crippen molar-refractivity contribution in [2.75, 3.05) is 0 Å². The van der Waals surface area contributed by atoms with Crippen LogP contribution in [0.15, 0.2) is 35.6 Å². The zero-order valence-corrected chi connectivity index (χ0v) is 7.86. The van der Waals surface area contributed by atoms with Crippen molar-refractivity contribution in [2.24, 2.45) is 0 Å². The van der Waals surface area contributed by atoms with Crippen LogP contribution in [0.3, 0.4) is 0 Å². The van der Waals surface area contributed by atoms with E-state index in [2.05, 4.69) is 11.6 Å². The third-order valence-electron chi connectivity index (χ3n) is 1.87. The minimum absolute atomic E-state index is 0.00533. The molecular formula is C10H9NOS. The number of aromatic nitrogens is 1.